The molecule has 4 rings (SSSR count). The minimum atomic E-state index is -1.57. The summed E-state index contributed by atoms with van der Waals surface area (Å²) in [5, 5.41) is 60.4. The molecule has 1 aliphatic heterocycles. The van der Waals surface area contributed by atoms with Gasteiger partial charge in [-0.15, -0.1) is 0 Å². The number of aliphatic carboxylic acids is 3. The van der Waals surface area contributed by atoms with Crippen LogP contribution in [-0.2, 0) is 19.2 Å². The predicted octanol–water partition coefficient (Wildman–Crippen LogP) is 2.22. The number of hydrogen-bond acceptors (Lipinski definition) is 10. The van der Waals surface area contributed by atoms with Crippen molar-refractivity contribution in [3.63, 3.8) is 0 Å². The SMILES string of the molecule is O=C(O)CC[C@H](NC(=O)N[C@@H](CCC(=O)NCCNC(=S)Nc1ccc(-c2c3ccc(=O)cc-3oc3cc(O)ccc23)c(C(=O)O)c1)C(=O)O)C(=O)O. The van der Waals surface area contributed by atoms with E-state index in [4.69, 9.17) is 26.8 Å². The molecule has 278 valence electrons. The topological polar surface area (TPSA) is 294 Å². The van der Waals surface area contributed by atoms with Crippen molar-refractivity contribution < 1.29 is 58.7 Å². The molecule has 1 aliphatic carbocycles. The maximum absolute atomic E-state index is 12.5. The second kappa shape index (κ2) is 17.4. The van der Waals surface area contributed by atoms with Gasteiger partial charge < -0.3 is 56.5 Å². The molecule has 10 N–H and O–H groups in total. The van der Waals surface area contributed by atoms with Crippen molar-refractivity contribution >= 4 is 69.8 Å². The standard InChI is InChI=1S/C34H33N5O13S/c40-17-2-5-20-25(14-17)52-26-15-18(41)3-6-21(26)29(20)19-4-1-16(13-22(19)30(45)46)37-34(53)36-12-11-35-27(42)9-7-23(31(47)48)38-33(51)39-24(32(49)50)8-10-28(43)44/h1-6,13-15,23-24,40H,7-12H2,(H,35,42)(H,43,44)(H,45,46)(H,47,48)(H,49,50)(H2,36,37,53)(H2,38,39,51)/t23-,24-/m0/s1. The zero-order valence-corrected chi connectivity index (χ0v) is 28.3. The van der Waals surface area contributed by atoms with Crippen LogP contribution in [0.5, 0.6) is 5.75 Å². The summed E-state index contributed by atoms with van der Waals surface area (Å²) in [6.45, 7) is 0.146. The van der Waals surface area contributed by atoms with E-state index >= 15 is 0 Å². The Morgan fingerprint density at radius 2 is 1.40 bits per heavy atom. The highest BCUT2D eigenvalue weighted by atomic mass is 32.1. The van der Waals surface area contributed by atoms with Crippen molar-refractivity contribution in [1.29, 1.82) is 0 Å². The summed E-state index contributed by atoms with van der Waals surface area (Å²) in [4.78, 5) is 82.5. The minimum Gasteiger partial charge on any atom is -0.508 e. The summed E-state index contributed by atoms with van der Waals surface area (Å²) in [6.07, 6.45) is -1.65. The molecule has 2 aromatic carbocycles. The van der Waals surface area contributed by atoms with Gasteiger partial charge in [0, 0.05) is 60.3 Å². The summed E-state index contributed by atoms with van der Waals surface area (Å²) in [5.41, 5.74) is 1.37. The molecule has 2 aromatic rings. The number of thiocarbonyl (C=S) groups is 1. The fourth-order valence-electron chi connectivity index (χ4n) is 5.22. The molecule has 2 atom stereocenters. The summed E-state index contributed by atoms with van der Waals surface area (Å²) in [5.74, 6) is -5.99. The van der Waals surface area contributed by atoms with Gasteiger partial charge in [-0.1, -0.05) is 6.07 Å². The number of aromatic carboxylic acids is 1. The first-order valence-corrected chi connectivity index (χ1v) is 16.2. The van der Waals surface area contributed by atoms with Gasteiger partial charge in [0.1, 0.15) is 29.2 Å². The lowest BCUT2D eigenvalue weighted by molar-refractivity contribution is -0.141. The van der Waals surface area contributed by atoms with E-state index in [-0.39, 0.29) is 59.1 Å². The van der Waals surface area contributed by atoms with E-state index in [0.717, 1.165) is 0 Å². The van der Waals surface area contributed by atoms with Crippen molar-refractivity contribution in [2.75, 3.05) is 18.4 Å². The smallest absolute Gasteiger partial charge is 0.336 e. The predicted molar refractivity (Wildman–Crippen MR) is 191 cm³/mol. The highest BCUT2D eigenvalue weighted by Gasteiger charge is 2.26. The first-order chi connectivity index (χ1) is 25.1. The first-order valence-electron chi connectivity index (χ1n) is 15.8. The molecule has 0 unspecified atom stereocenters. The lowest BCUT2D eigenvalue weighted by Crippen LogP contribution is -2.51. The number of amides is 3. The second-order valence-corrected chi connectivity index (χ2v) is 11.9. The monoisotopic (exact) mass is 751 g/mol. The number of rotatable bonds is 16. The van der Waals surface area contributed by atoms with Gasteiger partial charge in [0.15, 0.2) is 10.5 Å². The quantitative estimate of drug-likeness (QED) is 0.0446. The molecule has 0 aromatic heterocycles. The van der Waals surface area contributed by atoms with Crippen molar-refractivity contribution in [3.8, 4) is 28.2 Å². The Labute approximate surface area is 304 Å². The van der Waals surface area contributed by atoms with E-state index in [1.165, 1.54) is 36.4 Å². The zero-order valence-electron chi connectivity index (χ0n) is 27.5. The maximum Gasteiger partial charge on any atom is 0.336 e. The third-order valence-corrected chi connectivity index (χ3v) is 7.95. The molecule has 18 nitrogen and oxygen atoms in total. The molecule has 3 amide bonds. The molecule has 1 heterocycles. The number of anilines is 1. The third-order valence-electron chi connectivity index (χ3n) is 7.70. The molecule has 0 radical (unpaired) electrons. The number of carboxylic acid groups (broad SMARTS) is 4. The van der Waals surface area contributed by atoms with Crippen LogP contribution in [0.15, 0.2) is 63.8 Å². The van der Waals surface area contributed by atoms with Gasteiger partial charge in [0.2, 0.25) is 5.91 Å². The Kier molecular flexibility index (Phi) is 12.8. The average Bonchev–Trinajstić information content (AvgIpc) is 3.08. The Morgan fingerprint density at radius 3 is 2.04 bits per heavy atom. The maximum atomic E-state index is 12.5. The molecule has 19 heteroatoms. The molecule has 2 aliphatic rings. The van der Waals surface area contributed by atoms with Crippen LogP contribution in [0.3, 0.4) is 0 Å². The van der Waals surface area contributed by atoms with E-state index < -0.39 is 60.7 Å². The van der Waals surface area contributed by atoms with Gasteiger partial charge in [-0.2, -0.15) is 0 Å². The third kappa shape index (κ3) is 10.6. The molecule has 0 saturated heterocycles. The Balaban J connectivity index is 1.32. The first kappa shape index (κ1) is 39.0. The number of nitrogens with one attached hydrogen (secondary N) is 5. The fourth-order valence-corrected chi connectivity index (χ4v) is 5.44. The van der Waals surface area contributed by atoms with Crippen molar-refractivity contribution in [2.24, 2.45) is 0 Å². The van der Waals surface area contributed by atoms with Crippen LogP contribution in [0.2, 0.25) is 0 Å². The van der Waals surface area contributed by atoms with Gasteiger partial charge in [0.25, 0.3) is 0 Å². The number of hydrogen-bond donors (Lipinski definition) is 10. The molecule has 0 bridgehead atoms. The highest BCUT2D eigenvalue weighted by Crippen LogP contribution is 2.42. The number of fused-ring (bicyclic) bond motifs is 2. The number of phenolic OH excluding ortho intramolecular Hbond substituents is 1. The van der Waals surface area contributed by atoms with Crippen LogP contribution in [-0.4, -0.2) is 91.6 Å². The Bertz CT molecular complexity index is 2120. The Morgan fingerprint density at radius 1 is 0.755 bits per heavy atom. The number of benzene rings is 3. The van der Waals surface area contributed by atoms with Gasteiger partial charge in [-0.05, 0) is 67.0 Å². The molecular weight excluding hydrogens is 718 g/mol. The van der Waals surface area contributed by atoms with Gasteiger partial charge in [-0.3, -0.25) is 14.4 Å². The lowest BCUT2D eigenvalue weighted by atomic mass is 9.90. The van der Waals surface area contributed by atoms with Crippen molar-refractivity contribution in [1.82, 2.24) is 21.3 Å². The molecule has 0 fully saturated rings. The van der Waals surface area contributed by atoms with Crippen LogP contribution in [0.1, 0.15) is 36.0 Å². The van der Waals surface area contributed by atoms with Crippen LogP contribution in [0.25, 0.3) is 33.4 Å². The van der Waals surface area contributed by atoms with Crippen molar-refractivity contribution in [3.05, 3.63) is 70.4 Å². The highest BCUT2D eigenvalue weighted by molar-refractivity contribution is 7.80. The van der Waals surface area contributed by atoms with E-state index in [2.05, 4.69) is 21.3 Å². The van der Waals surface area contributed by atoms with E-state index in [0.29, 0.717) is 27.8 Å². The average molecular weight is 752 g/mol. The van der Waals surface area contributed by atoms with E-state index in [9.17, 15) is 48.9 Å². The summed E-state index contributed by atoms with van der Waals surface area (Å²) in [7, 11) is 0. The number of carboxylic acids is 4. The normalized spacial score (nSPS) is 11.9. The zero-order chi connectivity index (χ0) is 38.8. The lowest BCUT2D eigenvalue weighted by Gasteiger charge is -2.18. The number of aromatic hydroxyl groups is 1. The van der Waals surface area contributed by atoms with Gasteiger partial charge >= 0.3 is 29.9 Å². The summed E-state index contributed by atoms with van der Waals surface area (Å²) < 4.78 is 5.84. The van der Waals surface area contributed by atoms with E-state index in [1.807, 2.05) is 5.32 Å². The van der Waals surface area contributed by atoms with Crippen LogP contribution in [0.4, 0.5) is 10.5 Å². The molecular formula is C34H33N5O13S. The largest absolute Gasteiger partial charge is 0.508 e. The van der Waals surface area contributed by atoms with Gasteiger partial charge in [-0.25, -0.2) is 19.2 Å². The fraction of sp³-hybridized carbons (Fsp3) is 0.235. The second-order valence-electron chi connectivity index (χ2n) is 11.5. The van der Waals surface area contributed by atoms with E-state index in [1.54, 1.807) is 18.2 Å². The van der Waals surface area contributed by atoms with Crippen molar-refractivity contribution in [2.45, 2.75) is 37.8 Å². The summed E-state index contributed by atoms with van der Waals surface area (Å²) in [6, 6.07) is 8.73. The van der Waals surface area contributed by atoms with Crippen LogP contribution >= 0.6 is 12.2 Å². The number of carbonyl (C=O) groups is 6. The number of phenols is 1. The van der Waals surface area contributed by atoms with Crippen LogP contribution in [0, 0.1) is 0 Å². The molecule has 0 spiro atoms. The minimum absolute atomic E-state index is 0.0370. The molecule has 53 heavy (non-hydrogen) atoms. The van der Waals surface area contributed by atoms with Gasteiger partial charge in [0.05, 0.1) is 5.56 Å². The van der Waals surface area contributed by atoms with Crippen LogP contribution < -0.4 is 32.0 Å². The molecule has 0 saturated carbocycles. The number of carbonyl (C=O) groups excluding carboxylic acids is 2. The Hall–Kier alpha value is -6.76. The number of urea groups is 1. The summed E-state index contributed by atoms with van der Waals surface area (Å²) >= 11 is 5.31.